The molecule has 0 saturated carbocycles. The summed E-state index contributed by atoms with van der Waals surface area (Å²) in [6.07, 6.45) is 7.67. The summed E-state index contributed by atoms with van der Waals surface area (Å²) in [7, 11) is 0. The summed E-state index contributed by atoms with van der Waals surface area (Å²) in [4.78, 5) is 0. The Morgan fingerprint density at radius 1 is 1.15 bits per heavy atom. The Bertz CT molecular complexity index is 361. The Morgan fingerprint density at radius 2 is 2.00 bits per heavy atom. The lowest BCUT2D eigenvalue weighted by Gasteiger charge is -2.03. The van der Waals surface area contributed by atoms with Crippen molar-refractivity contribution >= 4 is 12.3 Å². The van der Waals surface area contributed by atoms with Crippen LogP contribution in [0, 0.1) is 0 Å². The van der Waals surface area contributed by atoms with Gasteiger partial charge < -0.3 is 0 Å². The molecule has 0 fully saturated rings. The van der Waals surface area contributed by atoms with Crippen molar-refractivity contribution in [3.63, 3.8) is 0 Å². The van der Waals surface area contributed by atoms with E-state index in [1.807, 2.05) is 36.4 Å². The first-order valence-electron chi connectivity index (χ1n) is 4.18. The van der Waals surface area contributed by atoms with Crippen molar-refractivity contribution in [3.8, 4) is 0 Å². The van der Waals surface area contributed by atoms with Gasteiger partial charge in [-0.15, -0.1) is 0 Å². The molecular weight excluding hydrogens is 160 g/mol. The Balaban J connectivity index is 2.21. The van der Waals surface area contributed by atoms with Gasteiger partial charge in [0.15, 0.2) is 0 Å². The SMILES string of the molecule is C1=C/C(=C\c2ccccc2)NN=C1. The predicted octanol–water partition coefficient (Wildman–Crippen LogP) is 2.17. The van der Waals surface area contributed by atoms with E-state index < -0.39 is 0 Å². The van der Waals surface area contributed by atoms with Crippen molar-refractivity contribution in [1.29, 1.82) is 0 Å². The molecule has 1 heterocycles. The lowest BCUT2D eigenvalue weighted by atomic mass is 10.2. The minimum absolute atomic E-state index is 1.01. The zero-order valence-corrected chi connectivity index (χ0v) is 7.14. The van der Waals surface area contributed by atoms with Gasteiger partial charge >= 0.3 is 0 Å². The lowest BCUT2D eigenvalue weighted by molar-refractivity contribution is 0.925. The minimum Gasteiger partial charge on any atom is -0.279 e. The molecule has 1 aromatic carbocycles. The van der Waals surface area contributed by atoms with Gasteiger partial charge in [-0.1, -0.05) is 30.3 Å². The standard InChI is InChI=1S/C11H10N2/c1-2-5-10(6-3-1)9-11-7-4-8-12-13-11/h1-9,13H/b11-9+. The summed E-state index contributed by atoms with van der Waals surface area (Å²) in [5.41, 5.74) is 5.09. The van der Waals surface area contributed by atoms with Crippen LogP contribution in [0.25, 0.3) is 6.08 Å². The summed E-state index contributed by atoms with van der Waals surface area (Å²) >= 11 is 0. The highest BCUT2D eigenvalue weighted by atomic mass is 15.3. The molecule has 1 aliphatic rings. The minimum atomic E-state index is 1.01. The van der Waals surface area contributed by atoms with Crippen LogP contribution in [-0.2, 0) is 0 Å². The topological polar surface area (TPSA) is 24.4 Å². The summed E-state index contributed by atoms with van der Waals surface area (Å²) < 4.78 is 0. The van der Waals surface area contributed by atoms with Crippen LogP contribution in [0.5, 0.6) is 0 Å². The van der Waals surface area contributed by atoms with Gasteiger partial charge in [-0.25, -0.2) is 0 Å². The average Bonchev–Trinajstić information content (AvgIpc) is 2.21. The Kier molecular flexibility index (Phi) is 2.23. The second-order valence-electron chi connectivity index (χ2n) is 2.76. The maximum atomic E-state index is 3.92. The fourth-order valence-electron chi connectivity index (χ4n) is 1.15. The summed E-state index contributed by atoms with van der Waals surface area (Å²) in [5.74, 6) is 0. The van der Waals surface area contributed by atoms with Crippen LogP contribution in [0.1, 0.15) is 5.56 Å². The second-order valence-corrected chi connectivity index (χ2v) is 2.76. The van der Waals surface area contributed by atoms with E-state index in [0.717, 1.165) is 5.70 Å². The maximum absolute atomic E-state index is 3.92. The number of rotatable bonds is 1. The molecule has 0 aromatic heterocycles. The van der Waals surface area contributed by atoms with Crippen molar-refractivity contribution in [1.82, 2.24) is 5.43 Å². The Hall–Kier alpha value is -1.83. The molecule has 64 valence electrons. The number of hydrogen-bond donors (Lipinski definition) is 1. The lowest BCUT2D eigenvalue weighted by Crippen LogP contribution is -2.05. The van der Waals surface area contributed by atoms with Gasteiger partial charge in [0.2, 0.25) is 0 Å². The third kappa shape index (κ3) is 2.06. The molecule has 1 N–H and O–H groups in total. The van der Waals surface area contributed by atoms with Crippen LogP contribution in [0.4, 0.5) is 0 Å². The summed E-state index contributed by atoms with van der Waals surface area (Å²) in [6.45, 7) is 0. The molecule has 13 heavy (non-hydrogen) atoms. The molecule has 2 heteroatoms. The molecule has 2 rings (SSSR count). The predicted molar refractivity (Wildman–Crippen MR) is 55.2 cm³/mol. The molecule has 0 unspecified atom stereocenters. The zero-order valence-electron chi connectivity index (χ0n) is 7.14. The van der Waals surface area contributed by atoms with Gasteiger partial charge in [-0.2, -0.15) is 5.10 Å². The van der Waals surface area contributed by atoms with Crippen LogP contribution in [-0.4, -0.2) is 6.21 Å². The van der Waals surface area contributed by atoms with E-state index in [1.54, 1.807) is 6.21 Å². The highest BCUT2D eigenvalue weighted by molar-refractivity contribution is 5.74. The van der Waals surface area contributed by atoms with Crippen molar-refractivity contribution in [2.75, 3.05) is 0 Å². The van der Waals surface area contributed by atoms with E-state index >= 15 is 0 Å². The Morgan fingerprint density at radius 3 is 2.69 bits per heavy atom. The van der Waals surface area contributed by atoms with Gasteiger partial charge in [0.05, 0.1) is 5.70 Å². The first kappa shape index (κ1) is 7.80. The van der Waals surface area contributed by atoms with Crippen LogP contribution in [0.15, 0.2) is 53.3 Å². The number of benzene rings is 1. The average molecular weight is 170 g/mol. The second kappa shape index (κ2) is 3.72. The van der Waals surface area contributed by atoms with Crippen molar-refractivity contribution in [2.45, 2.75) is 0 Å². The van der Waals surface area contributed by atoms with E-state index in [9.17, 15) is 0 Å². The first-order chi connectivity index (χ1) is 6.45. The number of nitrogens with one attached hydrogen (secondary N) is 1. The molecule has 1 aromatic rings. The van der Waals surface area contributed by atoms with Gasteiger partial charge in [0, 0.05) is 6.21 Å². The van der Waals surface area contributed by atoms with Crippen molar-refractivity contribution in [3.05, 3.63) is 53.7 Å². The molecule has 0 amide bonds. The highest BCUT2D eigenvalue weighted by Crippen LogP contribution is 2.06. The fraction of sp³-hybridized carbons (Fsp3) is 0. The molecule has 1 aliphatic heterocycles. The number of allylic oxidation sites excluding steroid dienone is 2. The molecule has 0 spiro atoms. The van der Waals surface area contributed by atoms with Gasteiger partial charge in [0.1, 0.15) is 0 Å². The molecular formula is C11H10N2. The number of hydrazone groups is 1. The molecule has 2 nitrogen and oxygen atoms in total. The van der Waals surface area contributed by atoms with Gasteiger partial charge in [-0.3, -0.25) is 5.43 Å². The van der Waals surface area contributed by atoms with E-state index in [2.05, 4.69) is 22.7 Å². The molecule has 0 saturated heterocycles. The normalized spacial score (nSPS) is 17.4. The van der Waals surface area contributed by atoms with Crippen LogP contribution >= 0.6 is 0 Å². The van der Waals surface area contributed by atoms with Crippen LogP contribution in [0.3, 0.4) is 0 Å². The summed E-state index contributed by atoms with van der Waals surface area (Å²) in [6, 6.07) is 10.1. The monoisotopic (exact) mass is 170 g/mol. The molecule has 0 radical (unpaired) electrons. The quantitative estimate of drug-likeness (QED) is 0.686. The van der Waals surface area contributed by atoms with Crippen molar-refractivity contribution in [2.24, 2.45) is 5.10 Å². The van der Waals surface area contributed by atoms with Crippen LogP contribution < -0.4 is 5.43 Å². The third-order valence-electron chi connectivity index (χ3n) is 1.75. The number of hydrogen-bond acceptors (Lipinski definition) is 2. The van der Waals surface area contributed by atoms with E-state index in [1.165, 1.54) is 5.56 Å². The molecule has 0 bridgehead atoms. The van der Waals surface area contributed by atoms with E-state index in [4.69, 9.17) is 0 Å². The largest absolute Gasteiger partial charge is 0.279 e. The maximum Gasteiger partial charge on any atom is 0.0568 e. The van der Waals surface area contributed by atoms with Gasteiger partial charge in [-0.05, 0) is 23.8 Å². The zero-order chi connectivity index (χ0) is 8.93. The van der Waals surface area contributed by atoms with E-state index in [-0.39, 0.29) is 0 Å². The Labute approximate surface area is 77.3 Å². The highest BCUT2D eigenvalue weighted by Gasteiger charge is 1.92. The van der Waals surface area contributed by atoms with E-state index in [0.29, 0.717) is 0 Å². The smallest absolute Gasteiger partial charge is 0.0568 e. The van der Waals surface area contributed by atoms with Crippen LogP contribution in [0.2, 0.25) is 0 Å². The molecule has 0 aliphatic carbocycles. The van der Waals surface area contributed by atoms with Gasteiger partial charge in [0.25, 0.3) is 0 Å². The first-order valence-corrected chi connectivity index (χ1v) is 4.18. The molecule has 0 atom stereocenters. The fourth-order valence-corrected chi connectivity index (χ4v) is 1.15. The van der Waals surface area contributed by atoms with Crippen molar-refractivity contribution < 1.29 is 0 Å². The number of nitrogens with zero attached hydrogens (tertiary/aromatic N) is 1. The third-order valence-corrected chi connectivity index (χ3v) is 1.75. The summed E-state index contributed by atoms with van der Waals surface area (Å²) in [5, 5.41) is 3.92.